The Morgan fingerprint density at radius 3 is 2.28 bits per heavy atom. The molecule has 0 bridgehead atoms. The minimum atomic E-state index is -0.332. The number of aldehydes is 1. The van der Waals surface area contributed by atoms with Gasteiger partial charge < -0.3 is 19.8 Å². The fraction of sp³-hybridized carbons (Fsp3) is 0.579. The van der Waals surface area contributed by atoms with Crippen molar-refractivity contribution >= 4 is 17.9 Å². The van der Waals surface area contributed by atoms with Crippen molar-refractivity contribution in [3.8, 4) is 0 Å². The number of nitrogens with one attached hydrogen (secondary N) is 1. The summed E-state index contributed by atoms with van der Waals surface area (Å²) in [6, 6.07) is 5.01. The van der Waals surface area contributed by atoms with Crippen molar-refractivity contribution in [2.24, 2.45) is 5.92 Å². The first-order chi connectivity index (χ1) is 12.1. The number of unbranched alkanes of at least 4 members (excludes halogenated alkanes) is 5. The van der Waals surface area contributed by atoms with Crippen LogP contribution >= 0.6 is 0 Å². The van der Waals surface area contributed by atoms with Gasteiger partial charge >= 0.3 is 5.97 Å². The van der Waals surface area contributed by atoms with Crippen LogP contribution in [-0.2, 0) is 27.6 Å². The molecule has 1 rings (SSSR count). The van der Waals surface area contributed by atoms with Gasteiger partial charge in [-0.15, -0.1) is 0 Å². The van der Waals surface area contributed by atoms with E-state index >= 15 is 0 Å². The zero-order chi connectivity index (χ0) is 18.5. The van der Waals surface area contributed by atoms with Gasteiger partial charge in [-0.2, -0.15) is 0 Å². The SMILES string of the molecule is CC(CCCCCCCC=O)C(=O)ONc1cc(CO)cc(CO)c1. The number of anilines is 1. The van der Waals surface area contributed by atoms with Crippen LogP contribution in [0.25, 0.3) is 0 Å². The Morgan fingerprint density at radius 1 is 1.08 bits per heavy atom. The van der Waals surface area contributed by atoms with Crippen molar-refractivity contribution in [2.75, 3.05) is 5.48 Å². The van der Waals surface area contributed by atoms with Crippen LogP contribution in [0.1, 0.15) is 63.0 Å². The normalized spacial score (nSPS) is 11.8. The van der Waals surface area contributed by atoms with E-state index in [1.807, 2.05) is 6.92 Å². The third kappa shape index (κ3) is 8.65. The summed E-state index contributed by atoms with van der Waals surface area (Å²) in [5.41, 5.74) is 4.38. The van der Waals surface area contributed by atoms with Crippen molar-refractivity contribution in [3.05, 3.63) is 29.3 Å². The molecule has 0 saturated heterocycles. The van der Waals surface area contributed by atoms with E-state index in [1.54, 1.807) is 18.2 Å². The molecular weight excluding hydrogens is 322 g/mol. The van der Waals surface area contributed by atoms with Gasteiger partial charge in [-0.05, 0) is 36.1 Å². The molecule has 0 aromatic heterocycles. The molecule has 0 aliphatic heterocycles. The summed E-state index contributed by atoms with van der Waals surface area (Å²) in [6.07, 6.45) is 7.39. The molecule has 0 fully saturated rings. The number of hydrogen-bond acceptors (Lipinski definition) is 6. The third-order valence-corrected chi connectivity index (χ3v) is 4.05. The van der Waals surface area contributed by atoms with E-state index < -0.39 is 0 Å². The number of aliphatic hydroxyl groups excluding tert-OH is 2. The van der Waals surface area contributed by atoms with Gasteiger partial charge in [0.2, 0.25) is 0 Å². The van der Waals surface area contributed by atoms with Gasteiger partial charge in [-0.25, -0.2) is 10.3 Å². The maximum absolute atomic E-state index is 12.0. The lowest BCUT2D eigenvalue weighted by Gasteiger charge is -2.13. The minimum Gasteiger partial charge on any atom is -0.392 e. The number of carbonyl (C=O) groups is 2. The zero-order valence-electron chi connectivity index (χ0n) is 14.9. The highest BCUT2D eigenvalue weighted by molar-refractivity contribution is 5.73. The summed E-state index contributed by atoms with van der Waals surface area (Å²) in [4.78, 5) is 27.3. The van der Waals surface area contributed by atoms with E-state index in [0.29, 0.717) is 23.2 Å². The average Bonchev–Trinajstić information content (AvgIpc) is 2.64. The maximum atomic E-state index is 12.0. The molecule has 1 unspecified atom stereocenters. The second kappa shape index (κ2) is 12.4. The van der Waals surface area contributed by atoms with Gasteiger partial charge in [0.05, 0.1) is 24.8 Å². The Balaban J connectivity index is 2.30. The Morgan fingerprint density at radius 2 is 1.68 bits per heavy atom. The molecule has 3 N–H and O–H groups in total. The predicted molar refractivity (Wildman–Crippen MR) is 95.5 cm³/mol. The highest BCUT2D eigenvalue weighted by Crippen LogP contribution is 2.17. The Kier molecular flexibility index (Phi) is 10.5. The number of hydrogen-bond donors (Lipinski definition) is 3. The van der Waals surface area contributed by atoms with Crippen LogP contribution in [0.4, 0.5) is 5.69 Å². The summed E-state index contributed by atoms with van der Waals surface area (Å²) < 4.78 is 0. The molecular formula is C19H29NO5. The van der Waals surface area contributed by atoms with E-state index in [1.165, 1.54) is 0 Å². The standard InChI is InChI=1S/C19H29NO5/c1-15(8-6-4-2-3-5-7-9-21)19(24)25-20-18-11-16(13-22)10-17(12-18)14-23/h9-12,15,20,22-23H,2-8,13-14H2,1H3. The van der Waals surface area contributed by atoms with Gasteiger partial charge in [0.1, 0.15) is 6.29 Å². The molecule has 6 nitrogen and oxygen atoms in total. The monoisotopic (exact) mass is 351 g/mol. The largest absolute Gasteiger partial charge is 0.392 e. The molecule has 6 heteroatoms. The Labute approximate surface area is 149 Å². The van der Waals surface area contributed by atoms with Crippen LogP contribution in [0.3, 0.4) is 0 Å². The Bertz CT molecular complexity index is 510. The molecule has 1 aromatic rings. The van der Waals surface area contributed by atoms with E-state index in [0.717, 1.165) is 44.8 Å². The van der Waals surface area contributed by atoms with Crippen molar-refractivity contribution in [2.45, 2.75) is 65.1 Å². The average molecular weight is 351 g/mol. The van der Waals surface area contributed by atoms with Gasteiger partial charge in [0.25, 0.3) is 0 Å². The summed E-state index contributed by atoms with van der Waals surface area (Å²) in [5.74, 6) is -0.540. The lowest BCUT2D eigenvalue weighted by Crippen LogP contribution is -2.18. The predicted octanol–water partition coefficient (Wildman–Crippen LogP) is 3.11. The van der Waals surface area contributed by atoms with Crippen LogP contribution in [0.15, 0.2) is 18.2 Å². The van der Waals surface area contributed by atoms with Crippen molar-refractivity contribution in [1.29, 1.82) is 0 Å². The first-order valence-electron chi connectivity index (χ1n) is 8.85. The molecule has 25 heavy (non-hydrogen) atoms. The van der Waals surface area contributed by atoms with Gasteiger partial charge in [0.15, 0.2) is 0 Å². The lowest BCUT2D eigenvalue weighted by atomic mass is 10.0. The van der Waals surface area contributed by atoms with Crippen LogP contribution < -0.4 is 5.48 Å². The number of benzene rings is 1. The molecule has 0 amide bonds. The smallest absolute Gasteiger partial charge is 0.334 e. The number of aliphatic hydroxyl groups is 2. The molecule has 1 aromatic carbocycles. The van der Waals surface area contributed by atoms with Crippen molar-refractivity contribution < 1.29 is 24.6 Å². The highest BCUT2D eigenvalue weighted by Gasteiger charge is 2.14. The minimum absolute atomic E-state index is 0.153. The fourth-order valence-electron chi connectivity index (χ4n) is 2.54. The fourth-order valence-corrected chi connectivity index (χ4v) is 2.54. The molecule has 140 valence electrons. The quantitative estimate of drug-likeness (QED) is 0.287. The highest BCUT2D eigenvalue weighted by atomic mass is 16.7. The molecule has 0 spiro atoms. The first kappa shape index (κ1) is 21.1. The summed E-state index contributed by atoms with van der Waals surface area (Å²) in [5, 5.41) is 18.4. The number of carbonyl (C=O) groups excluding carboxylic acids is 2. The molecule has 1 atom stereocenters. The third-order valence-electron chi connectivity index (χ3n) is 4.05. The van der Waals surface area contributed by atoms with Crippen LogP contribution in [0.2, 0.25) is 0 Å². The van der Waals surface area contributed by atoms with E-state index in [-0.39, 0.29) is 25.1 Å². The molecule has 0 saturated carbocycles. The summed E-state index contributed by atoms with van der Waals surface area (Å²) >= 11 is 0. The van der Waals surface area contributed by atoms with Gasteiger partial charge in [0, 0.05) is 6.42 Å². The van der Waals surface area contributed by atoms with Crippen LogP contribution in [0, 0.1) is 5.92 Å². The second-order valence-corrected chi connectivity index (χ2v) is 6.29. The maximum Gasteiger partial charge on any atom is 0.334 e. The number of rotatable bonds is 13. The first-order valence-corrected chi connectivity index (χ1v) is 8.85. The van der Waals surface area contributed by atoms with Crippen molar-refractivity contribution in [1.82, 2.24) is 0 Å². The van der Waals surface area contributed by atoms with Crippen LogP contribution in [0.5, 0.6) is 0 Å². The molecule has 0 heterocycles. The van der Waals surface area contributed by atoms with E-state index in [9.17, 15) is 19.8 Å². The van der Waals surface area contributed by atoms with Crippen molar-refractivity contribution in [3.63, 3.8) is 0 Å². The van der Waals surface area contributed by atoms with E-state index in [2.05, 4.69) is 5.48 Å². The topological polar surface area (TPSA) is 95.9 Å². The zero-order valence-corrected chi connectivity index (χ0v) is 14.9. The van der Waals surface area contributed by atoms with Gasteiger partial charge in [-0.1, -0.05) is 38.7 Å². The summed E-state index contributed by atoms with van der Waals surface area (Å²) in [6.45, 7) is 1.53. The van der Waals surface area contributed by atoms with Gasteiger partial charge in [-0.3, -0.25) is 0 Å². The Hall–Kier alpha value is -1.92. The molecule has 0 radical (unpaired) electrons. The lowest BCUT2D eigenvalue weighted by molar-refractivity contribution is -0.145. The summed E-state index contributed by atoms with van der Waals surface area (Å²) in [7, 11) is 0. The van der Waals surface area contributed by atoms with E-state index in [4.69, 9.17) is 4.84 Å². The molecule has 0 aliphatic carbocycles. The van der Waals surface area contributed by atoms with Crippen LogP contribution in [-0.4, -0.2) is 22.5 Å². The second-order valence-electron chi connectivity index (χ2n) is 6.29. The molecule has 0 aliphatic rings.